The van der Waals surface area contributed by atoms with Crippen molar-refractivity contribution in [1.29, 1.82) is 0 Å². The van der Waals surface area contributed by atoms with Gasteiger partial charge in [0, 0.05) is 24.8 Å². The van der Waals surface area contributed by atoms with Gasteiger partial charge in [0.25, 0.3) is 15.9 Å². The van der Waals surface area contributed by atoms with Gasteiger partial charge in [0.05, 0.1) is 5.56 Å². The van der Waals surface area contributed by atoms with E-state index in [4.69, 9.17) is 4.42 Å². The Hall–Kier alpha value is -2.19. The van der Waals surface area contributed by atoms with E-state index in [2.05, 4.69) is 5.32 Å². The second-order valence-electron chi connectivity index (χ2n) is 5.96. The van der Waals surface area contributed by atoms with Crippen LogP contribution >= 0.6 is 0 Å². The Kier molecular flexibility index (Phi) is 4.91. The standard InChI is InChI=1S/C17H19FN2O4S/c1-12-15(17(21)19-14-7-5-13(18)6-8-14)11-16(24-12)25(22,23)20-9-3-2-4-10-20/h5-8,11H,2-4,9-10H2,1H3,(H,19,21). The van der Waals surface area contributed by atoms with Crippen molar-refractivity contribution in [2.45, 2.75) is 31.3 Å². The van der Waals surface area contributed by atoms with E-state index in [1.165, 1.54) is 41.6 Å². The first-order chi connectivity index (χ1) is 11.9. The number of hydrogen-bond donors (Lipinski definition) is 1. The molecule has 0 atom stereocenters. The number of sulfonamides is 1. The maximum absolute atomic E-state index is 12.9. The summed E-state index contributed by atoms with van der Waals surface area (Å²) >= 11 is 0. The van der Waals surface area contributed by atoms with Crippen LogP contribution in [0.3, 0.4) is 0 Å². The van der Waals surface area contributed by atoms with E-state index in [9.17, 15) is 17.6 Å². The lowest BCUT2D eigenvalue weighted by atomic mass is 10.2. The topological polar surface area (TPSA) is 79.6 Å². The molecule has 1 aliphatic rings. The van der Waals surface area contributed by atoms with Crippen molar-refractivity contribution in [3.8, 4) is 0 Å². The molecular weight excluding hydrogens is 347 g/mol. The number of nitrogens with zero attached hydrogens (tertiary/aromatic N) is 1. The van der Waals surface area contributed by atoms with Gasteiger partial charge in [0.15, 0.2) is 0 Å². The van der Waals surface area contributed by atoms with Gasteiger partial charge in [-0.25, -0.2) is 12.8 Å². The summed E-state index contributed by atoms with van der Waals surface area (Å²) in [6, 6.07) is 6.55. The zero-order valence-corrected chi connectivity index (χ0v) is 14.6. The second-order valence-corrected chi connectivity index (χ2v) is 7.83. The molecule has 0 aliphatic carbocycles. The van der Waals surface area contributed by atoms with Gasteiger partial charge in [-0.3, -0.25) is 4.79 Å². The molecule has 0 saturated carbocycles. The van der Waals surface area contributed by atoms with Crippen molar-refractivity contribution >= 4 is 21.6 Å². The highest BCUT2D eigenvalue weighted by Gasteiger charge is 2.30. The van der Waals surface area contributed by atoms with Crippen LogP contribution in [0.2, 0.25) is 0 Å². The number of halogens is 1. The summed E-state index contributed by atoms with van der Waals surface area (Å²) in [4.78, 5) is 12.4. The number of aryl methyl sites for hydroxylation is 1. The Morgan fingerprint density at radius 1 is 1.16 bits per heavy atom. The van der Waals surface area contributed by atoms with Crippen molar-refractivity contribution in [3.63, 3.8) is 0 Å². The maximum Gasteiger partial charge on any atom is 0.276 e. The molecule has 134 valence electrons. The number of rotatable bonds is 4. The number of hydrogen-bond acceptors (Lipinski definition) is 4. The molecule has 1 aliphatic heterocycles. The molecule has 0 unspecified atom stereocenters. The molecule has 2 heterocycles. The van der Waals surface area contributed by atoms with Crippen LogP contribution < -0.4 is 5.32 Å². The molecule has 0 bridgehead atoms. The molecule has 1 aromatic carbocycles. The normalized spacial score (nSPS) is 15.9. The first-order valence-corrected chi connectivity index (χ1v) is 9.49. The number of anilines is 1. The number of furan rings is 1. The van der Waals surface area contributed by atoms with Crippen LogP contribution in [-0.4, -0.2) is 31.7 Å². The molecule has 1 aromatic heterocycles. The summed E-state index contributed by atoms with van der Waals surface area (Å²) in [6.07, 6.45) is 2.64. The first-order valence-electron chi connectivity index (χ1n) is 8.05. The Morgan fingerprint density at radius 3 is 2.44 bits per heavy atom. The predicted molar refractivity (Wildman–Crippen MR) is 90.4 cm³/mol. The fourth-order valence-corrected chi connectivity index (χ4v) is 4.26. The van der Waals surface area contributed by atoms with Crippen LogP contribution in [0.25, 0.3) is 0 Å². The fourth-order valence-electron chi connectivity index (χ4n) is 2.77. The minimum absolute atomic E-state index is 0.139. The fraction of sp³-hybridized carbons (Fsp3) is 0.353. The van der Waals surface area contributed by atoms with Gasteiger partial charge < -0.3 is 9.73 Å². The third-order valence-electron chi connectivity index (χ3n) is 4.15. The third-order valence-corrected chi connectivity index (χ3v) is 5.91. The average molecular weight is 366 g/mol. The Labute approximate surface area is 145 Å². The van der Waals surface area contributed by atoms with Gasteiger partial charge in [-0.15, -0.1) is 0 Å². The molecule has 2 aromatic rings. The number of carbonyl (C=O) groups is 1. The molecule has 8 heteroatoms. The van der Waals surface area contributed by atoms with E-state index in [1.54, 1.807) is 0 Å². The first kappa shape index (κ1) is 17.6. The average Bonchev–Trinajstić information content (AvgIpc) is 3.00. The molecule has 1 N–H and O–H groups in total. The van der Waals surface area contributed by atoms with Crippen LogP contribution in [0.5, 0.6) is 0 Å². The predicted octanol–water partition coefficient (Wildman–Crippen LogP) is 3.15. The SMILES string of the molecule is Cc1oc(S(=O)(=O)N2CCCCC2)cc1C(=O)Nc1ccc(F)cc1. The van der Waals surface area contributed by atoms with Crippen molar-refractivity contribution in [1.82, 2.24) is 4.31 Å². The van der Waals surface area contributed by atoms with Crippen molar-refractivity contribution < 1.29 is 22.0 Å². The molecule has 1 fully saturated rings. The van der Waals surface area contributed by atoms with E-state index in [-0.39, 0.29) is 16.4 Å². The monoisotopic (exact) mass is 366 g/mol. The maximum atomic E-state index is 12.9. The number of benzene rings is 1. The zero-order chi connectivity index (χ0) is 18.0. The molecule has 25 heavy (non-hydrogen) atoms. The lowest BCUT2D eigenvalue weighted by molar-refractivity contribution is 0.102. The van der Waals surface area contributed by atoms with E-state index >= 15 is 0 Å². The smallest absolute Gasteiger partial charge is 0.276 e. The second kappa shape index (κ2) is 6.97. The van der Waals surface area contributed by atoms with Gasteiger partial charge in [0.2, 0.25) is 5.09 Å². The highest BCUT2D eigenvalue weighted by molar-refractivity contribution is 7.89. The zero-order valence-electron chi connectivity index (χ0n) is 13.8. The Bertz CT molecular complexity index is 869. The van der Waals surface area contributed by atoms with Crippen LogP contribution in [0.1, 0.15) is 35.4 Å². The summed E-state index contributed by atoms with van der Waals surface area (Å²) in [6.45, 7) is 2.45. The van der Waals surface area contributed by atoms with Crippen LogP contribution in [-0.2, 0) is 10.0 Å². The summed E-state index contributed by atoms with van der Waals surface area (Å²) < 4.78 is 44.9. The lowest BCUT2D eigenvalue weighted by Crippen LogP contribution is -2.35. The van der Waals surface area contributed by atoms with Gasteiger partial charge in [0.1, 0.15) is 11.6 Å². The van der Waals surface area contributed by atoms with E-state index in [0.717, 1.165) is 19.3 Å². The van der Waals surface area contributed by atoms with Crippen molar-refractivity contribution in [2.24, 2.45) is 0 Å². The molecule has 0 spiro atoms. The lowest BCUT2D eigenvalue weighted by Gasteiger charge is -2.24. The number of carbonyl (C=O) groups excluding carboxylic acids is 1. The van der Waals surface area contributed by atoms with Gasteiger partial charge in [-0.2, -0.15) is 4.31 Å². The third kappa shape index (κ3) is 3.74. The van der Waals surface area contributed by atoms with E-state index in [0.29, 0.717) is 18.8 Å². The Morgan fingerprint density at radius 2 is 1.80 bits per heavy atom. The molecule has 6 nitrogen and oxygen atoms in total. The molecular formula is C17H19FN2O4S. The largest absolute Gasteiger partial charge is 0.448 e. The highest BCUT2D eigenvalue weighted by Crippen LogP contribution is 2.25. The minimum atomic E-state index is -3.74. The summed E-state index contributed by atoms with van der Waals surface area (Å²) in [7, 11) is -3.74. The number of piperidine rings is 1. The van der Waals surface area contributed by atoms with Crippen molar-refractivity contribution in [3.05, 3.63) is 47.5 Å². The summed E-state index contributed by atoms with van der Waals surface area (Å²) in [5, 5.41) is 2.37. The van der Waals surface area contributed by atoms with E-state index in [1.807, 2.05) is 0 Å². The number of nitrogens with one attached hydrogen (secondary N) is 1. The van der Waals surface area contributed by atoms with Crippen LogP contribution in [0.15, 0.2) is 39.8 Å². The summed E-state index contributed by atoms with van der Waals surface area (Å²) in [5.74, 6) is -0.699. The van der Waals surface area contributed by atoms with Crippen molar-refractivity contribution in [2.75, 3.05) is 18.4 Å². The minimum Gasteiger partial charge on any atom is -0.448 e. The summed E-state index contributed by atoms with van der Waals surface area (Å²) in [5.41, 5.74) is 0.548. The Balaban J connectivity index is 1.81. The number of amides is 1. The van der Waals surface area contributed by atoms with Gasteiger partial charge in [-0.05, 0) is 44.0 Å². The van der Waals surface area contributed by atoms with E-state index < -0.39 is 21.7 Å². The van der Waals surface area contributed by atoms with Gasteiger partial charge >= 0.3 is 0 Å². The van der Waals surface area contributed by atoms with Crippen LogP contribution in [0.4, 0.5) is 10.1 Å². The molecule has 3 rings (SSSR count). The quantitative estimate of drug-likeness (QED) is 0.901. The highest BCUT2D eigenvalue weighted by atomic mass is 32.2. The molecule has 1 amide bonds. The van der Waals surface area contributed by atoms with Gasteiger partial charge in [-0.1, -0.05) is 6.42 Å². The molecule has 0 radical (unpaired) electrons. The molecule has 1 saturated heterocycles. The van der Waals surface area contributed by atoms with Crippen LogP contribution in [0, 0.1) is 12.7 Å².